The molecule has 0 N–H and O–H groups in total. The van der Waals surface area contributed by atoms with Crippen molar-refractivity contribution in [3.8, 4) is 0 Å². The zero-order chi connectivity index (χ0) is 15.9. The maximum Gasteiger partial charge on any atom is 0.135 e. The van der Waals surface area contributed by atoms with E-state index in [0.29, 0.717) is 0 Å². The van der Waals surface area contributed by atoms with E-state index in [2.05, 4.69) is 71.6 Å². The van der Waals surface area contributed by atoms with Crippen LogP contribution < -0.4 is 4.90 Å². The van der Waals surface area contributed by atoms with Gasteiger partial charge in [0.15, 0.2) is 0 Å². The Hall–Kier alpha value is -3.26. The molecule has 114 valence electrons. The Morgan fingerprint density at radius 3 is 1.71 bits per heavy atom. The van der Waals surface area contributed by atoms with Crippen LogP contribution in [0.1, 0.15) is 0 Å². The first-order valence-corrected chi connectivity index (χ1v) is 8.05. The summed E-state index contributed by atoms with van der Waals surface area (Å²) in [6.45, 7) is 0. The molecule has 0 spiro atoms. The Balaban J connectivity index is 1.73. The van der Waals surface area contributed by atoms with Crippen LogP contribution in [0.5, 0.6) is 0 Å². The van der Waals surface area contributed by atoms with Crippen LogP contribution in [-0.2, 0) is 0 Å². The number of hydrogen-bond acceptors (Lipinski definition) is 2. The fourth-order valence-corrected chi connectivity index (χ4v) is 3.32. The SMILES string of the molecule is c1ccc(N(c2ccccc2)c2ccc3c4ccc(o4)c3c2)cc1. The average Bonchev–Trinajstić information content (AvgIpc) is 3.26. The molecule has 0 saturated heterocycles. The van der Waals surface area contributed by atoms with E-state index in [9.17, 15) is 0 Å². The predicted molar refractivity (Wildman–Crippen MR) is 99.6 cm³/mol. The van der Waals surface area contributed by atoms with Crippen LogP contribution in [0.15, 0.2) is 95.4 Å². The van der Waals surface area contributed by atoms with Gasteiger partial charge in [-0.2, -0.15) is 0 Å². The fourth-order valence-electron chi connectivity index (χ4n) is 3.32. The average molecular weight is 309 g/mol. The minimum Gasteiger partial charge on any atom is -0.456 e. The molecular weight excluding hydrogens is 294 g/mol. The molecule has 0 fully saturated rings. The Morgan fingerprint density at radius 2 is 1.08 bits per heavy atom. The van der Waals surface area contributed by atoms with Crippen LogP contribution in [-0.4, -0.2) is 0 Å². The molecule has 0 unspecified atom stereocenters. The van der Waals surface area contributed by atoms with Crippen molar-refractivity contribution in [2.45, 2.75) is 0 Å². The van der Waals surface area contributed by atoms with Gasteiger partial charge in [0.2, 0.25) is 0 Å². The number of para-hydroxylation sites is 2. The van der Waals surface area contributed by atoms with E-state index in [4.69, 9.17) is 4.42 Å². The second kappa shape index (κ2) is 5.14. The van der Waals surface area contributed by atoms with E-state index in [1.54, 1.807) is 0 Å². The molecule has 0 aliphatic heterocycles. The summed E-state index contributed by atoms with van der Waals surface area (Å²) >= 11 is 0. The van der Waals surface area contributed by atoms with Crippen molar-refractivity contribution < 1.29 is 4.42 Å². The van der Waals surface area contributed by atoms with Crippen molar-refractivity contribution in [1.82, 2.24) is 0 Å². The highest BCUT2D eigenvalue weighted by atomic mass is 16.3. The topological polar surface area (TPSA) is 16.4 Å². The first-order chi connectivity index (χ1) is 11.9. The number of benzene rings is 4. The Labute approximate surface area is 139 Å². The van der Waals surface area contributed by atoms with E-state index >= 15 is 0 Å². The number of fused-ring (bicyclic) bond motifs is 5. The van der Waals surface area contributed by atoms with Crippen molar-refractivity contribution in [3.05, 3.63) is 91.0 Å². The Bertz CT molecular complexity index is 1060. The Morgan fingerprint density at radius 1 is 0.500 bits per heavy atom. The van der Waals surface area contributed by atoms with Gasteiger partial charge in [-0.25, -0.2) is 0 Å². The summed E-state index contributed by atoms with van der Waals surface area (Å²) in [6.07, 6.45) is 0. The molecule has 3 aromatic carbocycles. The van der Waals surface area contributed by atoms with Crippen LogP contribution in [0.2, 0.25) is 0 Å². The van der Waals surface area contributed by atoms with Gasteiger partial charge < -0.3 is 9.32 Å². The van der Waals surface area contributed by atoms with Crippen LogP contribution in [0, 0.1) is 0 Å². The van der Waals surface area contributed by atoms with E-state index < -0.39 is 0 Å². The molecule has 2 bridgehead atoms. The lowest BCUT2D eigenvalue weighted by atomic mass is 10.1. The third-order valence-electron chi connectivity index (χ3n) is 4.43. The van der Waals surface area contributed by atoms with Gasteiger partial charge >= 0.3 is 0 Å². The highest BCUT2D eigenvalue weighted by Crippen LogP contribution is 2.39. The summed E-state index contributed by atoms with van der Waals surface area (Å²) in [4.78, 5) is 2.27. The minimum absolute atomic E-state index is 0.947. The predicted octanol–water partition coefficient (Wildman–Crippen LogP) is 6.49. The molecule has 0 amide bonds. The van der Waals surface area contributed by atoms with Crippen molar-refractivity contribution in [2.75, 3.05) is 4.90 Å². The van der Waals surface area contributed by atoms with E-state index in [0.717, 1.165) is 28.2 Å². The van der Waals surface area contributed by atoms with Crippen LogP contribution in [0.3, 0.4) is 0 Å². The molecule has 2 nitrogen and oxygen atoms in total. The van der Waals surface area contributed by atoms with E-state index in [1.807, 2.05) is 24.3 Å². The standard InChI is InChI=1S/C22H15NO/c1-3-7-16(8-4-1)23(17-9-5-2-6-10-17)18-11-12-19-20(15-18)22-14-13-21(19)24-22/h1-15H. The van der Waals surface area contributed by atoms with E-state index in [1.165, 1.54) is 10.8 Å². The molecule has 2 aromatic heterocycles. The van der Waals surface area contributed by atoms with Gasteiger partial charge in [0.1, 0.15) is 11.2 Å². The molecule has 0 saturated carbocycles. The lowest BCUT2D eigenvalue weighted by Gasteiger charge is -2.25. The van der Waals surface area contributed by atoms with Gasteiger partial charge in [0.25, 0.3) is 0 Å². The van der Waals surface area contributed by atoms with Crippen LogP contribution >= 0.6 is 0 Å². The van der Waals surface area contributed by atoms with Gasteiger partial charge in [-0.05, 0) is 54.6 Å². The number of nitrogens with zero attached hydrogens (tertiary/aromatic N) is 1. The lowest BCUT2D eigenvalue weighted by molar-refractivity contribution is 0.679. The molecule has 0 radical (unpaired) electrons. The van der Waals surface area contributed by atoms with Gasteiger partial charge in [-0.1, -0.05) is 36.4 Å². The molecule has 0 aliphatic rings. The molecule has 5 aromatic rings. The van der Waals surface area contributed by atoms with Gasteiger partial charge in [0.05, 0.1) is 0 Å². The van der Waals surface area contributed by atoms with Crippen molar-refractivity contribution >= 4 is 39.0 Å². The summed E-state index contributed by atoms with van der Waals surface area (Å²) in [5.41, 5.74) is 5.31. The molecule has 24 heavy (non-hydrogen) atoms. The molecular formula is C22H15NO. The van der Waals surface area contributed by atoms with Gasteiger partial charge in [0, 0.05) is 27.8 Å². The summed E-state index contributed by atoms with van der Waals surface area (Å²) < 4.78 is 5.79. The molecule has 2 heterocycles. The Kier molecular flexibility index (Phi) is 2.83. The smallest absolute Gasteiger partial charge is 0.135 e. The van der Waals surface area contributed by atoms with Crippen molar-refractivity contribution in [1.29, 1.82) is 0 Å². The largest absolute Gasteiger partial charge is 0.456 e. The third kappa shape index (κ3) is 1.97. The summed E-state index contributed by atoms with van der Waals surface area (Å²) in [5, 5.41) is 2.35. The highest BCUT2D eigenvalue weighted by Gasteiger charge is 2.15. The molecule has 2 heteroatoms. The van der Waals surface area contributed by atoms with Gasteiger partial charge in [-0.15, -0.1) is 0 Å². The first-order valence-electron chi connectivity index (χ1n) is 8.05. The first kappa shape index (κ1) is 13.2. The third-order valence-corrected chi connectivity index (χ3v) is 4.43. The molecule has 0 atom stereocenters. The van der Waals surface area contributed by atoms with Crippen LogP contribution in [0.4, 0.5) is 17.1 Å². The minimum atomic E-state index is 0.947. The summed E-state index contributed by atoms with van der Waals surface area (Å²) in [5.74, 6) is 0. The number of rotatable bonds is 3. The monoisotopic (exact) mass is 309 g/mol. The summed E-state index contributed by atoms with van der Waals surface area (Å²) in [6, 6.07) is 31.5. The van der Waals surface area contributed by atoms with Crippen molar-refractivity contribution in [2.24, 2.45) is 0 Å². The number of hydrogen-bond donors (Lipinski definition) is 0. The zero-order valence-corrected chi connectivity index (χ0v) is 13.0. The zero-order valence-electron chi connectivity index (χ0n) is 13.0. The quantitative estimate of drug-likeness (QED) is 0.378. The second-order valence-corrected chi connectivity index (χ2v) is 5.90. The fraction of sp³-hybridized carbons (Fsp3) is 0. The van der Waals surface area contributed by atoms with Crippen LogP contribution in [0.25, 0.3) is 21.9 Å². The van der Waals surface area contributed by atoms with Crippen molar-refractivity contribution in [3.63, 3.8) is 0 Å². The summed E-state index contributed by atoms with van der Waals surface area (Å²) in [7, 11) is 0. The molecule has 5 rings (SSSR count). The maximum absolute atomic E-state index is 5.79. The number of anilines is 3. The lowest BCUT2D eigenvalue weighted by Crippen LogP contribution is -2.09. The maximum atomic E-state index is 5.79. The highest BCUT2D eigenvalue weighted by molar-refractivity contribution is 6.08. The second-order valence-electron chi connectivity index (χ2n) is 5.90. The number of furan rings is 2. The van der Waals surface area contributed by atoms with Gasteiger partial charge in [-0.3, -0.25) is 0 Å². The molecule has 0 aliphatic carbocycles. The van der Waals surface area contributed by atoms with E-state index in [-0.39, 0.29) is 0 Å². The normalized spacial score (nSPS) is 11.3.